The molecule has 2 aliphatic rings. The molecule has 1 aliphatic heterocycles. The second-order valence-corrected chi connectivity index (χ2v) is 6.08. The average Bonchev–Trinajstić information content (AvgIpc) is 3.02. The molecule has 1 saturated carbocycles. The Kier molecular flexibility index (Phi) is 3.53. The van der Waals surface area contributed by atoms with Crippen LogP contribution in [0.2, 0.25) is 0 Å². The Balaban J connectivity index is 1.39. The van der Waals surface area contributed by atoms with Gasteiger partial charge in [0, 0.05) is 26.2 Å². The van der Waals surface area contributed by atoms with Gasteiger partial charge in [-0.05, 0) is 30.9 Å². The molecule has 0 aromatic carbocycles. The van der Waals surface area contributed by atoms with E-state index in [0.717, 1.165) is 50.2 Å². The fourth-order valence-electron chi connectivity index (χ4n) is 2.85. The van der Waals surface area contributed by atoms with Gasteiger partial charge in [-0.15, -0.1) is 0 Å². The first-order chi connectivity index (χ1) is 10.4. The van der Waals surface area contributed by atoms with Gasteiger partial charge in [0.05, 0.1) is 37.1 Å². The van der Waals surface area contributed by atoms with Gasteiger partial charge >= 0.3 is 0 Å². The SMILES string of the molecule is c1coc(CN2CCn3cnc(COCC4CC4)c3C2)c1. The fourth-order valence-corrected chi connectivity index (χ4v) is 2.85. The topological polar surface area (TPSA) is 43.4 Å². The van der Waals surface area contributed by atoms with E-state index in [2.05, 4.69) is 14.5 Å². The fraction of sp³-hybridized carbons (Fsp3) is 0.562. The van der Waals surface area contributed by atoms with Gasteiger partial charge in [-0.2, -0.15) is 0 Å². The van der Waals surface area contributed by atoms with Crippen molar-refractivity contribution in [3.8, 4) is 0 Å². The Hall–Kier alpha value is -1.59. The number of imidazole rings is 1. The summed E-state index contributed by atoms with van der Waals surface area (Å²) in [6.45, 7) is 5.34. The van der Waals surface area contributed by atoms with Crippen LogP contribution in [0, 0.1) is 5.92 Å². The zero-order valence-corrected chi connectivity index (χ0v) is 12.2. The van der Waals surface area contributed by atoms with E-state index in [1.165, 1.54) is 18.5 Å². The maximum atomic E-state index is 5.80. The predicted octanol–water partition coefficient (Wildman–Crippen LogP) is 2.42. The number of fused-ring (bicyclic) bond motifs is 1. The molecule has 112 valence electrons. The van der Waals surface area contributed by atoms with E-state index < -0.39 is 0 Å². The number of hydrogen-bond donors (Lipinski definition) is 0. The maximum Gasteiger partial charge on any atom is 0.117 e. The van der Waals surface area contributed by atoms with Crippen LogP contribution in [-0.4, -0.2) is 27.6 Å². The monoisotopic (exact) mass is 287 g/mol. The van der Waals surface area contributed by atoms with Crippen molar-refractivity contribution in [3.05, 3.63) is 41.9 Å². The van der Waals surface area contributed by atoms with Crippen molar-refractivity contribution >= 4 is 0 Å². The summed E-state index contributed by atoms with van der Waals surface area (Å²) in [5.74, 6) is 1.83. The van der Waals surface area contributed by atoms with E-state index in [-0.39, 0.29) is 0 Å². The van der Waals surface area contributed by atoms with Crippen LogP contribution in [0.4, 0.5) is 0 Å². The first kappa shape index (κ1) is 13.1. The molecule has 2 aromatic rings. The second-order valence-electron chi connectivity index (χ2n) is 6.08. The molecule has 1 fully saturated rings. The van der Waals surface area contributed by atoms with Crippen molar-refractivity contribution in [1.82, 2.24) is 14.5 Å². The predicted molar refractivity (Wildman–Crippen MR) is 77.4 cm³/mol. The standard InChI is InChI=1S/C16H21N3O2/c1-2-14(21-7-1)8-18-5-6-19-12-17-15(16(19)9-18)11-20-10-13-3-4-13/h1-2,7,12-13H,3-6,8-11H2. The molecule has 21 heavy (non-hydrogen) atoms. The quantitative estimate of drug-likeness (QED) is 0.818. The normalized spacial score (nSPS) is 18.9. The van der Waals surface area contributed by atoms with Gasteiger partial charge in [0.2, 0.25) is 0 Å². The number of aromatic nitrogens is 2. The summed E-state index contributed by atoms with van der Waals surface area (Å²) in [5, 5.41) is 0. The summed E-state index contributed by atoms with van der Waals surface area (Å²) in [4.78, 5) is 6.94. The molecule has 0 amide bonds. The first-order valence-electron chi connectivity index (χ1n) is 7.74. The van der Waals surface area contributed by atoms with Gasteiger partial charge < -0.3 is 13.7 Å². The highest BCUT2D eigenvalue weighted by Crippen LogP contribution is 2.29. The highest BCUT2D eigenvalue weighted by Gasteiger charge is 2.23. The summed E-state index contributed by atoms with van der Waals surface area (Å²) >= 11 is 0. The third-order valence-electron chi connectivity index (χ3n) is 4.31. The number of hydrogen-bond acceptors (Lipinski definition) is 4. The van der Waals surface area contributed by atoms with Gasteiger partial charge in [0.15, 0.2) is 0 Å². The van der Waals surface area contributed by atoms with E-state index in [9.17, 15) is 0 Å². The number of ether oxygens (including phenoxy) is 1. The van der Waals surface area contributed by atoms with Gasteiger partial charge in [-0.25, -0.2) is 4.98 Å². The molecule has 0 atom stereocenters. The summed E-state index contributed by atoms with van der Waals surface area (Å²) in [5.41, 5.74) is 2.39. The van der Waals surface area contributed by atoms with Crippen LogP contribution < -0.4 is 0 Å². The summed E-state index contributed by atoms with van der Waals surface area (Å²) in [6.07, 6.45) is 6.35. The van der Waals surface area contributed by atoms with E-state index in [1.807, 2.05) is 18.5 Å². The van der Waals surface area contributed by atoms with Crippen molar-refractivity contribution in [2.45, 2.75) is 39.1 Å². The van der Waals surface area contributed by atoms with Gasteiger partial charge in [0.1, 0.15) is 5.76 Å². The van der Waals surface area contributed by atoms with Crippen LogP contribution >= 0.6 is 0 Å². The molecule has 0 unspecified atom stereocenters. The highest BCUT2D eigenvalue weighted by atomic mass is 16.5. The highest BCUT2D eigenvalue weighted by molar-refractivity contribution is 5.14. The van der Waals surface area contributed by atoms with Crippen LogP contribution in [0.5, 0.6) is 0 Å². The van der Waals surface area contributed by atoms with E-state index >= 15 is 0 Å². The molecule has 1 aliphatic carbocycles. The minimum Gasteiger partial charge on any atom is -0.468 e. The molecule has 0 bridgehead atoms. The zero-order valence-electron chi connectivity index (χ0n) is 12.2. The lowest BCUT2D eigenvalue weighted by Gasteiger charge is -2.27. The molecule has 0 N–H and O–H groups in total. The van der Waals surface area contributed by atoms with Crippen molar-refractivity contribution in [2.75, 3.05) is 13.2 Å². The Labute approximate surface area is 124 Å². The molecule has 2 aromatic heterocycles. The third kappa shape index (κ3) is 3.04. The molecule has 5 nitrogen and oxygen atoms in total. The third-order valence-corrected chi connectivity index (χ3v) is 4.31. The van der Waals surface area contributed by atoms with Crippen molar-refractivity contribution in [1.29, 1.82) is 0 Å². The molecule has 3 heterocycles. The molecule has 4 rings (SSSR count). The zero-order chi connectivity index (χ0) is 14.1. The lowest BCUT2D eigenvalue weighted by molar-refractivity contribution is 0.106. The van der Waals surface area contributed by atoms with Crippen LogP contribution in [0.15, 0.2) is 29.1 Å². The van der Waals surface area contributed by atoms with Gasteiger partial charge in [-0.3, -0.25) is 4.90 Å². The first-order valence-corrected chi connectivity index (χ1v) is 7.74. The molecular weight excluding hydrogens is 266 g/mol. The van der Waals surface area contributed by atoms with E-state index in [4.69, 9.17) is 9.15 Å². The Bertz CT molecular complexity index is 587. The number of nitrogens with zero attached hydrogens (tertiary/aromatic N) is 3. The number of furan rings is 1. The minimum atomic E-state index is 0.646. The largest absolute Gasteiger partial charge is 0.468 e. The molecule has 0 radical (unpaired) electrons. The van der Waals surface area contributed by atoms with E-state index in [1.54, 1.807) is 6.26 Å². The lowest BCUT2D eigenvalue weighted by Crippen LogP contribution is -2.33. The Morgan fingerprint density at radius 3 is 3.10 bits per heavy atom. The average molecular weight is 287 g/mol. The van der Waals surface area contributed by atoms with Crippen LogP contribution in [-0.2, 0) is 31.0 Å². The lowest BCUT2D eigenvalue weighted by atomic mass is 10.2. The minimum absolute atomic E-state index is 0.646. The van der Waals surface area contributed by atoms with Crippen molar-refractivity contribution in [3.63, 3.8) is 0 Å². The smallest absolute Gasteiger partial charge is 0.117 e. The van der Waals surface area contributed by atoms with Crippen LogP contribution in [0.1, 0.15) is 30.0 Å². The van der Waals surface area contributed by atoms with Crippen LogP contribution in [0.3, 0.4) is 0 Å². The molecule has 5 heteroatoms. The summed E-state index contributed by atoms with van der Waals surface area (Å²) < 4.78 is 13.5. The van der Waals surface area contributed by atoms with Gasteiger partial charge in [-0.1, -0.05) is 0 Å². The molecule has 0 saturated heterocycles. The Morgan fingerprint density at radius 1 is 1.33 bits per heavy atom. The summed E-state index contributed by atoms with van der Waals surface area (Å²) in [7, 11) is 0. The molecular formula is C16H21N3O2. The summed E-state index contributed by atoms with van der Waals surface area (Å²) in [6, 6.07) is 3.98. The van der Waals surface area contributed by atoms with Crippen LogP contribution in [0.25, 0.3) is 0 Å². The maximum absolute atomic E-state index is 5.80. The number of rotatable bonds is 6. The van der Waals surface area contributed by atoms with Gasteiger partial charge in [0.25, 0.3) is 0 Å². The Morgan fingerprint density at radius 2 is 2.29 bits per heavy atom. The second kappa shape index (κ2) is 5.66. The van der Waals surface area contributed by atoms with Crippen molar-refractivity contribution < 1.29 is 9.15 Å². The molecule has 0 spiro atoms. The van der Waals surface area contributed by atoms with Crippen molar-refractivity contribution in [2.24, 2.45) is 5.92 Å². The van der Waals surface area contributed by atoms with E-state index in [0.29, 0.717) is 6.61 Å².